The smallest absolute Gasteiger partial charge is 0.407 e. The van der Waals surface area contributed by atoms with Crippen molar-refractivity contribution in [2.75, 3.05) is 6.61 Å². The Kier molecular flexibility index (Phi) is 4.65. The molecule has 0 aromatic heterocycles. The zero-order chi connectivity index (χ0) is 9.52. The highest BCUT2D eigenvalue weighted by Crippen LogP contribution is 2.17. The van der Waals surface area contributed by atoms with Crippen LogP contribution < -0.4 is 5.32 Å². The van der Waals surface area contributed by atoms with E-state index in [1.165, 1.54) is 12.8 Å². The molecule has 0 unspecified atom stereocenters. The first-order valence-electron chi connectivity index (χ1n) is 5.05. The van der Waals surface area contributed by atoms with E-state index in [1.807, 2.05) is 0 Å². The molecule has 0 spiro atoms. The van der Waals surface area contributed by atoms with E-state index in [2.05, 4.69) is 12.2 Å². The standard InChI is InChI=1S/C10H18NO2/c1-2-3-8-13-10(12)11-9-6-4-5-7-9/h9H,1-8H2,(H,11,12). The fraction of sp³-hybridized carbons (Fsp3) is 0.800. The number of hydrogen-bond acceptors (Lipinski definition) is 2. The summed E-state index contributed by atoms with van der Waals surface area (Å²) in [6, 6.07) is 0.354. The molecule has 1 aliphatic carbocycles. The minimum atomic E-state index is -0.264. The quantitative estimate of drug-likeness (QED) is 0.681. The lowest BCUT2D eigenvalue weighted by molar-refractivity contribution is 0.141. The lowest BCUT2D eigenvalue weighted by Gasteiger charge is -2.11. The molecule has 3 nitrogen and oxygen atoms in total. The summed E-state index contributed by atoms with van der Waals surface area (Å²) >= 11 is 0. The molecule has 1 rings (SSSR count). The monoisotopic (exact) mass is 184 g/mol. The predicted octanol–water partition coefficient (Wildman–Crippen LogP) is 2.27. The summed E-state index contributed by atoms with van der Waals surface area (Å²) in [4.78, 5) is 11.1. The van der Waals surface area contributed by atoms with E-state index in [0.29, 0.717) is 12.6 Å². The third-order valence-electron chi connectivity index (χ3n) is 2.30. The van der Waals surface area contributed by atoms with Crippen molar-refractivity contribution < 1.29 is 9.53 Å². The Labute approximate surface area is 79.8 Å². The van der Waals surface area contributed by atoms with Gasteiger partial charge in [0.25, 0.3) is 0 Å². The molecule has 0 bridgehead atoms. The number of unbranched alkanes of at least 4 members (excludes halogenated alkanes) is 1. The zero-order valence-corrected chi connectivity index (χ0v) is 8.05. The van der Waals surface area contributed by atoms with E-state index in [4.69, 9.17) is 4.74 Å². The van der Waals surface area contributed by atoms with Gasteiger partial charge in [0, 0.05) is 6.04 Å². The molecule has 1 radical (unpaired) electrons. The average Bonchev–Trinajstić information content (AvgIpc) is 2.57. The van der Waals surface area contributed by atoms with Gasteiger partial charge in [-0.25, -0.2) is 4.79 Å². The fourth-order valence-electron chi connectivity index (χ4n) is 1.55. The van der Waals surface area contributed by atoms with Crippen LogP contribution in [0.1, 0.15) is 38.5 Å². The number of alkyl carbamates (subject to hydrolysis) is 1. The van der Waals surface area contributed by atoms with Crippen molar-refractivity contribution in [3.63, 3.8) is 0 Å². The number of rotatable bonds is 4. The molecule has 0 aromatic rings. The molecule has 75 valence electrons. The molecule has 1 fully saturated rings. The topological polar surface area (TPSA) is 38.3 Å². The molecule has 0 aromatic carbocycles. The van der Waals surface area contributed by atoms with Gasteiger partial charge < -0.3 is 10.1 Å². The molecule has 1 N–H and O–H groups in total. The van der Waals surface area contributed by atoms with Gasteiger partial charge in [0.15, 0.2) is 0 Å². The van der Waals surface area contributed by atoms with Gasteiger partial charge in [0.2, 0.25) is 0 Å². The van der Waals surface area contributed by atoms with Gasteiger partial charge in [-0.1, -0.05) is 26.2 Å². The summed E-state index contributed by atoms with van der Waals surface area (Å²) in [5.41, 5.74) is 0. The van der Waals surface area contributed by atoms with Crippen LogP contribution in [0.25, 0.3) is 0 Å². The summed E-state index contributed by atoms with van der Waals surface area (Å²) in [5.74, 6) is 0. The van der Waals surface area contributed by atoms with Crippen molar-refractivity contribution in [3.8, 4) is 0 Å². The van der Waals surface area contributed by atoms with E-state index in [0.717, 1.165) is 25.7 Å². The first-order valence-corrected chi connectivity index (χ1v) is 5.05. The molecule has 1 aliphatic rings. The normalized spacial score (nSPS) is 17.3. The van der Waals surface area contributed by atoms with Gasteiger partial charge in [-0.05, 0) is 19.3 Å². The third-order valence-corrected chi connectivity index (χ3v) is 2.30. The van der Waals surface area contributed by atoms with Gasteiger partial charge >= 0.3 is 6.09 Å². The Bertz CT molecular complexity index is 153. The van der Waals surface area contributed by atoms with Crippen molar-refractivity contribution in [3.05, 3.63) is 6.92 Å². The Balaban J connectivity index is 2.02. The number of nitrogens with one attached hydrogen (secondary N) is 1. The molecule has 0 heterocycles. The van der Waals surface area contributed by atoms with Crippen LogP contribution in [-0.2, 0) is 4.74 Å². The highest BCUT2D eigenvalue weighted by Gasteiger charge is 2.17. The Morgan fingerprint density at radius 1 is 1.46 bits per heavy atom. The molecular weight excluding hydrogens is 166 g/mol. The Hall–Kier alpha value is -0.730. The summed E-state index contributed by atoms with van der Waals surface area (Å²) in [6.45, 7) is 4.16. The highest BCUT2D eigenvalue weighted by molar-refractivity contribution is 5.67. The average molecular weight is 184 g/mol. The summed E-state index contributed by atoms with van der Waals surface area (Å²) < 4.78 is 4.95. The molecule has 0 atom stereocenters. The minimum absolute atomic E-state index is 0.264. The number of carbonyl (C=O) groups excluding carboxylic acids is 1. The van der Waals surface area contributed by atoms with E-state index in [-0.39, 0.29) is 6.09 Å². The van der Waals surface area contributed by atoms with Crippen LogP contribution in [0.5, 0.6) is 0 Å². The van der Waals surface area contributed by atoms with Crippen LogP contribution in [-0.4, -0.2) is 18.7 Å². The number of ether oxygens (including phenoxy) is 1. The van der Waals surface area contributed by atoms with Gasteiger partial charge in [0.05, 0.1) is 6.61 Å². The Morgan fingerprint density at radius 2 is 2.15 bits per heavy atom. The molecule has 1 saturated carbocycles. The number of hydrogen-bond donors (Lipinski definition) is 1. The zero-order valence-electron chi connectivity index (χ0n) is 8.05. The van der Waals surface area contributed by atoms with Crippen LogP contribution in [0.15, 0.2) is 0 Å². The second-order valence-corrected chi connectivity index (χ2v) is 3.47. The van der Waals surface area contributed by atoms with Gasteiger partial charge in [-0.2, -0.15) is 0 Å². The first-order chi connectivity index (χ1) is 6.33. The molecule has 13 heavy (non-hydrogen) atoms. The molecule has 1 amide bonds. The number of carbonyl (C=O) groups is 1. The first kappa shape index (κ1) is 10.4. The number of amides is 1. The maximum Gasteiger partial charge on any atom is 0.407 e. The third kappa shape index (κ3) is 4.15. The van der Waals surface area contributed by atoms with E-state index in [9.17, 15) is 4.79 Å². The summed E-state index contributed by atoms with van der Waals surface area (Å²) in [7, 11) is 0. The second-order valence-electron chi connectivity index (χ2n) is 3.47. The highest BCUT2D eigenvalue weighted by atomic mass is 16.5. The predicted molar refractivity (Wildman–Crippen MR) is 51.3 cm³/mol. The van der Waals surface area contributed by atoms with Crippen LogP contribution in [0.4, 0.5) is 4.79 Å². The maximum absolute atomic E-state index is 11.1. The largest absolute Gasteiger partial charge is 0.450 e. The summed E-state index contributed by atoms with van der Waals surface area (Å²) in [5, 5.41) is 2.86. The van der Waals surface area contributed by atoms with Gasteiger partial charge in [-0.15, -0.1) is 0 Å². The maximum atomic E-state index is 11.1. The van der Waals surface area contributed by atoms with E-state index < -0.39 is 0 Å². The second kappa shape index (κ2) is 5.84. The van der Waals surface area contributed by atoms with E-state index >= 15 is 0 Å². The Morgan fingerprint density at radius 3 is 2.77 bits per heavy atom. The van der Waals surface area contributed by atoms with E-state index in [1.54, 1.807) is 0 Å². The van der Waals surface area contributed by atoms with Crippen molar-refractivity contribution in [1.82, 2.24) is 5.32 Å². The molecule has 0 aliphatic heterocycles. The van der Waals surface area contributed by atoms with Crippen LogP contribution in [0.2, 0.25) is 0 Å². The van der Waals surface area contributed by atoms with Crippen molar-refractivity contribution >= 4 is 6.09 Å². The summed E-state index contributed by atoms with van der Waals surface area (Å²) in [6.07, 6.45) is 6.05. The SMILES string of the molecule is [CH2]CCCOC(=O)NC1CCCC1. The minimum Gasteiger partial charge on any atom is -0.450 e. The van der Waals surface area contributed by atoms with Crippen LogP contribution in [0.3, 0.4) is 0 Å². The van der Waals surface area contributed by atoms with Crippen LogP contribution in [0, 0.1) is 6.92 Å². The van der Waals surface area contributed by atoms with Crippen molar-refractivity contribution in [2.24, 2.45) is 0 Å². The lowest BCUT2D eigenvalue weighted by atomic mass is 10.3. The fourth-order valence-corrected chi connectivity index (χ4v) is 1.55. The molecule has 0 saturated heterocycles. The van der Waals surface area contributed by atoms with Crippen molar-refractivity contribution in [2.45, 2.75) is 44.6 Å². The van der Waals surface area contributed by atoms with Crippen LogP contribution >= 0.6 is 0 Å². The molecular formula is C10H18NO2. The molecule has 3 heteroatoms. The van der Waals surface area contributed by atoms with Gasteiger partial charge in [-0.3, -0.25) is 0 Å². The lowest BCUT2D eigenvalue weighted by Crippen LogP contribution is -2.33. The van der Waals surface area contributed by atoms with Gasteiger partial charge in [0.1, 0.15) is 0 Å². The van der Waals surface area contributed by atoms with Crippen molar-refractivity contribution in [1.29, 1.82) is 0 Å².